The van der Waals surface area contributed by atoms with E-state index in [0.29, 0.717) is 0 Å². The maximum Gasteiger partial charge on any atom is 0.389 e. The molecule has 0 heterocycles. The minimum atomic E-state index is -4.29. The van der Waals surface area contributed by atoms with E-state index < -0.39 is 31.0 Å². The van der Waals surface area contributed by atoms with E-state index in [2.05, 4.69) is 13.2 Å². The summed E-state index contributed by atoms with van der Waals surface area (Å²) in [4.78, 5) is 20.9. The molecule has 0 unspecified atom stereocenters. The highest BCUT2D eigenvalue weighted by Gasteiger charge is 2.27. The van der Waals surface area contributed by atoms with Crippen molar-refractivity contribution in [3.05, 3.63) is 60.2 Å². The maximum absolute atomic E-state index is 11.9. The van der Waals surface area contributed by atoms with E-state index in [1.54, 1.807) is 24.3 Å². The van der Waals surface area contributed by atoms with Crippen LogP contribution >= 0.6 is 0 Å². The average Bonchev–Trinajstić information content (AvgIpc) is 2.51. The van der Waals surface area contributed by atoms with Gasteiger partial charge in [-0.2, -0.15) is 13.2 Å². The van der Waals surface area contributed by atoms with Gasteiger partial charge in [-0.05, 0) is 18.9 Å². The summed E-state index contributed by atoms with van der Waals surface area (Å²) in [5.74, 6) is -1.72. The third-order valence-electron chi connectivity index (χ3n) is 2.58. The largest absolute Gasteiger partial charge is 0.478 e. The molecule has 24 heavy (non-hydrogen) atoms. The van der Waals surface area contributed by atoms with Crippen molar-refractivity contribution in [3.8, 4) is 0 Å². The van der Waals surface area contributed by atoms with Crippen molar-refractivity contribution in [3.63, 3.8) is 0 Å². The standard InChI is InChI=1S/C13H13F3O2.C4H6O2/c1-10(7-8-13(14,15)16)12(17)18-9-11-5-3-2-4-6-11;1-3(2)4(5)6/h2-6H,1,7-9H2;1H2,2H3,(H,5,6). The third-order valence-corrected chi connectivity index (χ3v) is 2.58. The van der Waals surface area contributed by atoms with E-state index in [1.165, 1.54) is 6.92 Å². The minimum Gasteiger partial charge on any atom is -0.478 e. The summed E-state index contributed by atoms with van der Waals surface area (Å²) in [7, 11) is 0. The van der Waals surface area contributed by atoms with Crippen LogP contribution < -0.4 is 0 Å². The van der Waals surface area contributed by atoms with Crippen LogP contribution in [0.1, 0.15) is 25.3 Å². The normalized spacial score (nSPS) is 10.2. The monoisotopic (exact) mass is 344 g/mol. The molecule has 0 fully saturated rings. The van der Waals surface area contributed by atoms with Gasteiger partial charge in [0, 0.05) is 17.6 Å². The van der Waals surface area contributed by atoms with Crippen LogP contribution in [0.3, 0.4) is 0 Å². The minimum absolute atomic E-state index is 0.0325. The molecule has 1 N–H and O–H groups in total. The van der Waals surface area contributed by atoms with Crippen molar-refractivity contribution in [1.82, 2.24) is 0 Å². The molecule has 0 saturated heterocycles. The van der Waals surface area contributed by atoms with Crippen LogP contribution in [-0.2, 0) is 20.9 Å². The second-order valence-electron chi connectivity index (χ2n) is 4.87. The topological polar surface area (TPSA) is 63.6 Å². The van der Waals surface area contributed by atoms with E-state index >= 15 is 0 Å². The number of carbonyl (C=O) groups is 2. The first-order valence-electron chi connectivity index (χ1n) is 6.87. The zero-order chi connectivity index (χ0) is 18.8. The van der Waals surface area contributed by atoms with Crippen molar-refractivity contribution in [1.29, 1.82) is 0 Å². The van der Waals surface area contributed by atoms with Crippen molar-refractivity contribution in [2.45, 2.75) is 32.5 Å². The summed E-state index contributed by atoms with van der Waals surface area (Å²) in [5.41, 5.74) is 0.785. The van der Waals surface area contributed by atoms with Gasteiger partial charge in [0.1, 0.15) is 6.61 Å². The number of rotatable bonds is 6. The van der Waals surface area contributed by atoms with Crippen molar-refractivity contribution in [2.24, 2.45) is 0 Å². The van der Waals surface area contributed by atoms with Gasteiger partial charge in [0.25, 0.3) is 0 Å². The summed E-state index contributed by atoms with van der Waals surface area (Å²) in [6.07, 6.45) is -5.79. The molecule has 0 radical (unpaired) electrons. The second kappa shape index (κ2) is 10.3. The van der Waals surface area contributed by atoms with E-state index in [4.69, 9.17) is 9.84 Å². The fraction of sp³-hybridized carbons (Fsp3) is 0.294. The molecule has 0 saturated carbocycles. The lowest BCUT2D eigenvalue weighted by Crippen LogP contribution is -2.12. The summed E-state index contributed by atoms with van der Waals surface area (Å²) < 4.78 is 40.7. The van der Waals surface area contributed by atoms with Gasteiger partial charge in [0.15, 0.2) is 0 Å². The molecule has 7 heteroatoms. The Morgan fingerprint density at radius 3 is 2.08 bits per heavy atom. The number of benzene rings is 1. The van der Waals surface area contributed by atoms with Crippen molar-refractivity contribution >= 4 is 11.9 Å². The van der Waals surface area contributed by atoms with Crippen LogP contribution in [0.5, 0.6) is 0 Å². The molecular formula is C17H19F3O4. The molecule has 0 spiro atoms. The molecule has 0 aliphatic carbocycles. The molecule has 1 aromatic carbocycles. The number of ether oxygens (including phenoxy) is 1. The fourth-order valence-electron chi connectivity index (χ4n) is 1.22. The Labute approximate surface area is 138 Å². The summed E-state index contributed by atoms with van der Waals surface area (Å²) in [6.45, 7) is 7.93. The molecule has 0 atom stereocenters. The predicted octanol–water partition coefficient (Wildman–Crippen LogP) is 4.28. The van der Waals surface area contributed by atoms with Crippen LogP contribution in [0.2, 0.25) is 0 Å². The molecular weight excluding hydrogens is 325 g/mol. The van der Waals surface area contributed by atoms with Crippen LogP contribution in [0.4, 0.5) is 13.2 Å². The average molecular weight is 344 g/mol. The van der Waals surface area contributed by atoms with Crippen LogP contribution in [0.25, 0.3) is 0 Å². The first-order chi connectivity index (χ1) is 11.0. The molecule has 0 aliphatic heterocycles. The smallest absolute Gasteiger partial charge is 0.389 e. The second-order valence-corrected chi connectivity index (χ2v) is 4.87. The Balaban J connectivity index is 0.000000754. The summed E-state index contributed by atoms with van der Waals surface area (Å²) >= 11 is 0. The molecule has 0 bridgehead atoms. The van der Waals surface area contributed by atoms with Crippen LogP contribution in [0.15, 0.2) is 54.6 Å². The molecule has 1 aromatic rings. The van der Waals surface area contributed by atoms with E-state index in [-0.39, 0.29) is 17.8 Å². The molecule has 0 aliphatic rings. The predicted molar refractivity (Wildman–Crippen MR) is 83.1 cm³/mol. The molecule has 1 rings (SSSR count). The SMILES string of the molecule is C=C(C)C(=O)O.C=C(CCC(F)(F)F)C(=O)OCc1ccccc1. The van der Waals surface area contributed by atoms with E-state index in [1.807, 2.05) is 6.07 Å². The Morgan fingerprint density at radius 1 is 1.17 bits per heavy atom. The number of aliphatic carboxylic acids is 1. The first kappa shape index (κ1) is 21.4. The van der Waals surface area contributed by atoms with E-state index in [9.17, 15) is 22.8 Å². The quantitative estimate of drug-likeness (QED) is 0.618. The van der Waals surface area contributed by atoms with Gasteiger partial charge in [-0.1, -0.05) is 43.5 Å². The molecule has 132 valence electrons. The van der Waals surface area contributed by atoms with Crippen molar-refractivity contribution < 1.29 is 32.6 Å². The highest BCUT2D eigenvalue weighted by Crippen LogP contribution is 2.23. The zero-order valence-electron chi connectivity index (χ0n) is 13.2. The van der Waals surface area contributed by atoms with Gasteiger partial charge >= 0.3 is 18.1 Å². The van der Waals surface area contributed by atoms with Gasteiger partial charge < -0.3 is 9.84 Å². The fourth-order valence-corrected chi connectivity index (χ4v) is 1.22. The highest BCUT2D eigenvalue weighted by molar-refractivity contribution is 5.87. The number of hydrogen-bond acceptors (Lipinski definition) is 3. The van der Waals surface area contributed by atoms with Crippen molar-refractivity contribution in [2.75, 3.05) is 0 Å². The maximum atomic E-state index is 11.9. The lowest BCUT2D eigenvalue weighted by atomic mass is 10.1. The lowest BCUT2D eigenvalue weighted by Gasteiger charge is -2.08. The van der Waals surface area contributed by atoms with Crippen LogP contribution in [0, 0.1) is 0 Å². The Kier molecular flexibility index (Phi) is 9.15. The number of carboxylic acid groups (broad SMARTS) is 1. The number of hydrogen-bond donors (Lipinski definition) is 1. The first-order valence-corrected chi connectivity index (χ1v) is 6.87. The van der Waals surface area contributed by atoms with Crippen LogP contribution in [-0.4, -0.2) is 23.2 Å². The van der Waals surface area contributed by atoms with Gasteiger partial charge in [-0.25, -0.2) is 9.59 Å². The summed E-state index contributed by atoms with van der Waals surface area (Å²) in [6, 6.07) is 8.88. The summed E-state index contributed by atoms with van der Waals surface area (Å²) in [5, 5.41) is 7.89. The van der Waals surface area contributed by atoms with Gasteiger partial charge in [-0.3, -0.25) is 0 Å². The number of halogens is 3. The zero-order valence-corrected chi connectivity index (χ0v) is 13.2. The Hall–Kier alpha value is -2.57. The lowest BCUT2D eigenvalue weighted by molar-refractivity contribution is -0.143. The third kappa shape index (κ3) is 11.1. The highest BCUT2D eigenvalue weighted by atomic mass is 19.4. The Bertz CT molecular complexity index is 565. The van der Waals surface area contributed by atoms with Gasteiger partial charge in [0.2, 0.25) is 0 Å². The number of alkyl halides is 3. The van der Waals surface area contributed by atoms with Gasteiger partial charge in [-0.15, -0.1) is 0 Å². The number of esters is 1. The molecule has 4 nitrogen and oxygen atoms in total. The van der Waals surface area contributed by atoms with Gasteiger partial charge in [0.05, 0.1) is 0 Å². The number of carbonyl (C=O) groups excluding carboxylic acids is 1. The molecule has 0 amide bonds. The van der Waals surface area contributed by atoms with E-state index in [0.717, 1.165) is 5.56 Å². The number of carboxylic acids is 1. The Morgan fingerprint density at radius 2 is 1.67 bits per heavy atom. The molecule has 0 aromatic heterocycles.